The Morgan fingerprint density at radius 3 is 2.93 bits per heavy atom. The van der Waals surface area contributed by atoms with Crippen LogP contribution in [0, 0.1) is 0 Å². The van der Waals surface area contributed by atoms with E-state index in [1.54, 1.807) is 0 Å². The molecule has 1 N–H and O–H groups in total. The van der Waals surface area contributed by atoms with E-state index >= 15 is 0 Å². The number of para-hydroxylation sites is 1. The number of hydrogen-bond acceptors (Lipinski definition) is 1. The van der Waals surface area contributed by atoms with E-state index in [1.165, 1.54) is 24.1 Å². The van der Waals surface area contributed by atoms with Crippen molar-refractivity contribution < 1.29 is 5.11 Å². The average Bonchev–Trinajstić information content (AvgIpc) is 2.19. The first kappa shape index (κ1) is 9.69. The standard InChI is InChI=1S/C12H18NO/c1-13(9-10-14)8-4-6-11-5-2-3-7-12(11)13/h2-3,5,7,14H,4,6,8-10H2,1H3/q+1. The summed E-state index contributed by atoms with van der Waals surface area (Å²) < 4.78 is 0.896. The van der Waals surface area contributed by atoms with Crippen LogP contribution in [-0.4, -0.2) is 31.9 Å². The lowest BCUT2D eigenvalue weighted by Gasteiger charge is -2.38. The second-order valence-corrected chi connectivity index (χ2v) is 4.30. The van der Waals surface area contributed by atoms with Gasteiger partial charge in [0.25, 0.3) is 0 Å². The zero-order valence-corrected chi connectivity index (χ0v) is 8.74. The second-order valence-electron chi connectivity index (χ2n) is 4.30. The number of hydrogen-bond donors (Lipinski definition) is 1. The van der Waals surface area contributed by atoms with E-state index in [0.29, 0.717) is 0 Å². The van der Waals surface area contributed by atoms with Crippen molar-refractivity contribution in [2.24, 2.45) is 0 Å². The highest BCUT2D eigenvalue weighted by molar-refractivity contribution is 5.51. The number of benzene rings is 1. The van der Waals surface area contributed by atoms with Crippen molar-refractivity contribution in [3.05, 3.63) is 29.8 Å². The maximum absolute atomic E-state index is 9.09. The number of aliphatic hydroxyl groups is 1. The van der Waals surface area contributed by atoms with E-state index in [4.69, 9.17) is 5.11 Å². The fourth-order valence-corrected chi connectivity index (χ4v) is 2.44. The fourth-order valence-electron chi connectivity index (χ4n) is 2.44. The minimum absolute atomic E-state index is 0.269. The largest absolute Gasteiger partial charge is 0.390 e. The van der Waals surface area contributed by atoms with Gasteiger partial charge >= 0.3 is 0 Å². The minimum Gasteiger partial charge on any atom is -0.390 e. The summed E-state index contributed by atoms with van der Waals surface area (Å²) in [6, 6.07) is 8.61. The number of nitrogens with zero attached hydrogens (tertiary/aromatic N) is 1. The van der Waals surface area contributed by atoms with Crippen LogP contribution < -0.4 is 4.48 Å². The fraction of sp³-hybridized carbons (Fsp3) is 0.500. The van der Waals surface area contributed by atoms with Gasteiger partial charge in [-0.15, -0.1) is 0 Å². The molecule has 0 radical (unpaired) electrons. The third-order valence-corrected chi connectivity index (χ3v) is 3.26. The van der Waals surface area contributed by atoms with Gasteiger partial charge in [0.2, 0.25) is 0 Å². The molecule has 0 bridgehead atoms. The van der Waals surface area contributed by atoms with Gasteiger partial charge in [-0.2, -0.15) is 0 Å². The van der Waals surface area contributed by atoms with Gasteiger partial charge in [0, 0.05) is 12.0 Å². The van der Waals surface area contributed by atoms with Crippen LogP contribution in [0.15, 0.2) is 24.3 Å². The normalized spacial score (nSPS) is 25.9. The van der Waals surface area contributed by atoms with Crippen molar-refractivity contribution in [1.82, 2.24) is 4.48 Å². The van der Waals surface area contributed by atoms with Gasteiger partial charge in [-0.25, -0.2) is 0 Å². The first-order chi connectivity index (χ1) is 6.76. The lowest BCUT2D eigenvalue weighted by Crippen LogP contribution is -2.50. The summed E-state index contributed by atoms with van der Waals surface area (Å²) in [5.74, 6) is 0. The molecule has 1 unspecified atom stereocenters. The lowest BCUT2D eigenvalue weighted by molar-refractivity contribution is 0.214. The van der Waals surface area contributed by atoms with Crippen LogP contribution in [0.3, 0.4) is 0 Å². The number of fused-ring (bicyclic) bond motifs is 1. The number of aliphatic hydroxyl groups excluding tert-OH is 1. The van der Waals surface area contributed by atoms with E-state index in [0.717, 1.165) is 17.6 Å². The maximum atomic E-state index is 9.09. The Hall–Kier alpha value is -0.860. The number of rotatable bonds is 2. The predicted octanol–water partition coefficient (Wildman–Crippen LogP) is 1.56. The molecule has 1 atom stereocenters. The van der Waals surface area contributed by atoms with Crippen LogP contribution in [0.4, 0.5) is 5.69 Å². The first-order valence-corrected chi connectivity index (χ1v) is 5.30. The van der Waals surface area contributed by atoms with Crippen LogP contribution in [-0.2, 0) is 6.42 Å². The summed E-state index contributed by atoms with van der Waals surface area (Å²) in [7, 11) is 2.22. The maximum Gasteiger partial charge on any atom is 0.135 e. The Morgan fingerprint density at radius 1 is 1.36 bits per heavy atom. The number of aryl methyl sites for hydroxylation is 1. The van der Waals surface area contributed by atoms with Gasteiger partial charge in [-0.05, 0) is 12.5 Å². The number of quaternary nitrogens is 1. The highest BCUT2D eigenvalue weighted by atomic mass is 16.3. The zero-order chi connectivity index (χ0) is 10.0. The molecule has 76 valence electrons. The predicted molar refractivity (Wildman–Crippen MR) is 59.3 cm³/mol. The highest BCUT2D eigenvalue weighted by Crippen LogP contribution is 2.31. The summed E-state index contributed by atoms with van der Waals surface area (Å²) in [5.41, 5.74) is 2.85. The van der Waals surface area contributed by atoms with Gasteiger partial charge in [-0.1, -0.05) is 18.2 Å². The van der Waals surface area contributed by atoms with Crippen LogP contribution in [0.1, 0.15) is 12.0 Å². The Morgan fingerprint density at radius 2 is 2.14 bits per heavy atom. The molecule has 2 heteroatoms. The molecule has 1 aromatic rings. The zero-order valence-electron chi connectivity index (χ0n) is 8.74. The molecule has 1 heterocycles. The third-order valence-electron chi connectivity index (χ3n) is 3.26. The molecule has 2 nitrogen and oxygen atoms in total. The Balaban J connectivity index is 2.39. The van der Waals surface area contributed by atoms with E-state index in [9.17, 15) is 0 Å². The van der Waals surface area contributed by atoms with Gasteiger partial charge in [-0.3, -0.25) is 4.48 Å². The van der Waals surface area contributed by atoms with Crippen molar-refractivity contribution in [3.63, 3.8) is 0 Å². The summed E-state index contributed by atoms with van der Waals surface area (Å²) >= 11 is 0. The van der Waals surface area contributed by atoms with Crippen LogP contribution >= 0.6 is 0 Å². The summed E-state index contributed by atoms with van der Waals surface area (Å²) in [6.07, 6.45) is 2.42. The topological polar surface area (TPSA) is 20.2 Å². The molecule has 1 aliphatic rings. The lowest BCUT2D eigenvalue weighted by atomic mass is 10.00. The molecule has 0 aliphatic carbocycles. The molecule has 0 aromatic heterocycles. The molecule has 0 spiro atoms. The molecular weight excluding hydrogens is 174 g/mol. The Labute approximate surface area is 85.4 Å². The summed E-state index contributed by atoms with van der Waals surface area (Å²) in [6.45, 7) is 2.25. The van der Waals surface area contributed by atoms with E-state index in [2.05, 4.69) is 31.3 Å². The van der Waals surface area contributed by atoms with Crippen molar-refractivity contribution in [2.45, 2.75) is 12.8 Å². The van der Waals surface area contributed by atoms with Gasteiger partial charge in [0.1, 0.15) is 12.2 Å². The van der Waals surface area contributed by atoms with Crippen molar-refractivity contribution in [3.8, 4) is 0 Å². The van der Waals surface area contributed by atoms with Crippen molar-refractivity contribution >= 4 is 5.69 Å². The molecule has 0 amide bonds. The molecule has 14 heavy (non-hydrogen) atoms. The molecular formula is C12H18NO+. The quantitative estimate of drug-likeness (QED) is 0.705. The smallest absolute Gasteiger partial charge is 0.135 e. The van der Waals surface area contributed by atoms with E-state index in [-0.39, 0.29) is 6.61 Å². The molecule has 0 saturated carbocycles. The second kappa shape index (κ2) is 3.71. The van der Waals surface area contributed by atoms with Crippen LogP contribution in [0.2, 0.25) is 0 Å². The van der Waals surface area contributed by atoms with Crippen molar-refractivity contribution in [2.75, 3.05) is 26.7 Å². The first-order valence-electron chi connectivity index (χ1n) is 5.30. The van der Waals surface area contributed by atoms with E-state index < -0.39 is 0 Å². The molecule has 0 saturated heterocycles. The average molecular weight is 192 g/mol. The van der Waals surface area contributed by atoms with Gasteiger partial charge < -0.3 is 5.11 Å². The summed E-state index contributed by atoms with van der Waals surface area (Å²) in [5, 5.41) is 9.09. The Bertz CT molecular complexity index is 324. The highest BCUT2D eigenvalue weighted by Gasteiger charge is 2.30. The van der Waals surface area contributed by atoms with Crippen LogP contribution in [0.25, 0.3) is 0 Å². The molecule has 0 fully saturated rings. The monoisotopic (exact) mass is 192 g/mol. The minimum atomic E-state index is 0.269. The Kier molecular flexibility index (Phi) is 2.57. The third kappa shape index (κ3) is 1.56. The molecule has 1 aromatic carbocycles. The van der Waals surface area contributed by atoms with E-state index in [1.807, 2.05) is 0 Å². The molecule has 2 rings (SSSR count). The number of likely N-dealkylation sites (N-methyl/N-ethyl adjacent to an activating group) is 1. The molecule has 1 aliphatic heterocycles. The van der Waals surface area contributed by atoms with Gasteiger partial charge in [0.15, 0.2) is 0 Å². The van der Waals surface area contributed by atoms with Crippen molar-refractivity contribution in [1.29, 1.82) is 0 Å². The SMILES string of the molecule is C[N+]1(CCO)CCCc2ccccc21. The van der Waals surface area contributed by atoms with Gasteiger partial charge in [0.05, 0.1) is 20.2 Å². The van der Waals surface area contributed by atoms with Crippen LogP contribution in [0.5, 0.6) is 0 Å². The summed E-state index contributed by atoms with van der Waals surface area (Å²) in [4.78, 5) is 0.